The molecule has 0 radical (unpaired) electrons. The highest BCUT2D eigenvalue weighted by atomic mass is 32.2. The van der Waals surface area contributed by atoms with E-state index in [0.717, 1.165) is 29.1 Å². The van der Waals surface area contributed by atoms with Gasteiger partial charge in [-0.05, 0) is 44.7 Å². The molecular formula is C14H19N3S. The summed E-state index contributed by atoms with van der Waals surface area (Å²) in [6, 6.07) is 9.18. The smallest absolute Gasteiger partial charge is 0.102 e. The highest BCUT2D eigenvalue weighted by Crippen LogP contribution is 2.27. The van der Waals surface area contributed by atoms with E-state index in [-0.39, 0.29) is 0 Å². The van der Waals surface area contributed by atoms with Crippen LogP contribution >= 0.6 is 11.8 Å². The van der Waals surface area contributed by atoms with Crippen molar-refractivity contribution in [3.63, 3.8) is 0 Å². The second-order valence-electron chi connectivity index (χ2n) is 4.63. The first kappa shape index (κ1) is 13.3. The van der Waals surface area contributed by atoms with Gasteiger partial charge in [-0.25, -0.2) is 0 Å². The Kier molecular flexibility index (Phi) is 4.51. The molecule has 2 N–H and O–H groups in total. The number of rotatable bonds is 3. The Morgan fingerprint density at radius 2 is 2.33 bits per heavy atom. The molecule has 0 bridgehead atoms. The average molecular weight is 261 g/mol. The van der Waals surface area contributed by atoms with Crippen molar-refractivity contribution in [2.75, 3.05) is 18.1 Å². The normalized spacial score (nSPS) is 23.4. The summed E-state index contributed by atoms with van der Waals surface area (Å²) in [7, 11) is 0. The lowest BCUT2D eigenvalue weighted by molar-refractivity contribution is 0.389. The molecule has 1 aromatic rings. The van der Waals surface area contributed by atoms with Crippen LogP contribution in [0.15, 0.2) is 23.1 Å². The number of nitrogens with zero attached hydrogens (tertiary/aromatic N) is 1. The van der Waals surface area contributed by atoms with Crippen molar-refractivity contribution >= 4 is 17.4 Å². The fourth-order valence-corrected chi connectivity index (χ4v) is 2.95. The molecule has 96 valence electrons. The minimum atomic E-state index is 0.406. The van der Waals surface area contributed by atoms with Crippen molar-refractivity contribution in [3.05, 3.63) is 23.8 Å². The summed E-state index contributed by atoms with van der Waals surface area (Å²) in [5, 5.41) is 16.3. The molecule has 2 atom stereocenters. The quantitative estimate of drug-likeness (QED) is 0.821. The molecule has 1 saturated heterocycles. The molecule has 1 aliphatic rings. The summed E-state index contributed by atoms with van der Waals surface area (Å²) in [6.07, 6.45) is 4.35. The second kappa shape index (κ2) is 6.12. The fraction of sp³-hybridized carbons (Fsp3) is 0.500. The number of hydrogen-bond donors (Lipinski definition) is 2. The lowest BCUT2D eigenvalue weighted by Gasteiger charge is -2.31. The van der Waals surface area contributed by atoms with Crippen molar-refractivity contribution in [2.45, 2.75) is 36.7 Å². The number of piperidine rings is 1. The third kappa shape index (κ3) is 2.80. The van der Waals surface area contributed by atoms with E-state index in [0.29, 0.717) is 12.1 Å². The number of hydrogen-bond acceptors (Lipinski definition) is 4. The topological polar surface area (TPSA) is 47.8 Å². The summed E-state index contributed by atoms with van der Waals surface area (Å²) in [4.78, 5) is 1.04. The molecule has 1 aliphatic heterocycles. The third-order valence-electron chi connectivity index (χ3n) is 3.46. The van der Waals surface area contributed by atoms with Gasteiger partial charge >= 0.3 is 0 Å². The van der Waals surface area contributed by atoms with Gasteiger partial charge in [0.25, 0.3) is 0 Å². The largest absolute Gasteiger partial charge is 0.380 e. The van der Waals surface area contributed by atoms with Crippen LogP contribution < -0.4 is 10.6 Å². The number of nitriles is 1. The Morgan fingerprint density at radius 1 is 1.50 bits per heavy atom. The van der Waals surface area contributed by atoms with E-state index >= 15 is 0 Å². The Bertz CT molecular complexity index is 453. The zero-order valence-electron chi connectivity index (χ0n) is 10.9. The van der Waals surface area contributed by atoms with Gasteiger partial charge in [0, 0.05) is 17.0 Å². The SMILES string of the molecule is CSc1cccc(NC2CCCNC2C)c1C#N. The molecule has 1 aromatic carbocycles. The summed E-state index contributed by atoms with van der Waals surface area (Å²) < 4.78 is 0. The van der Waals surface area contributed by atoms with Crippen molar-refractivity contribution in [1.82, 2.24) is 5.32 Å². The Morgan fingerprint density at radius 3 is 3.00 bits per heavy atom. The molecular weight excluding hydrogens is 242 g/mol. The van der Waals surface area contributed by atoms with Crippen molar-refractivity contribution in [1.29, 1.82) is 5.26 Å². The molecule has 0 saturated carbocycles. The average Bonchev–Trinajstić information content (AvgIpc) is 2.41. The molecule has 0 aliphatic carbocycles. The van der Waals surface area contributed by atoms with Crippen LogP contribution in [0.2, 0.25) is 0 Å². The predicted molar refractivity (Wildman–Crippen MR) is 77.0 cm³/mol. The maximum atomic E-state index is 9.31. The van der Waals surface area contributed by atoms with Gasteiger partial charge in [-0.2, -0.15) is 5.26 Å². The van der Waals surface area contributed by atoms with Gasteiger partial charge in [-0.1, -0.05) is 6.07 Å². The van der Waals surface area contributed by atoms with Gasteiger partial charge < -0.3 is 10.6 Å². The van der Waals surface area contributed by atoms with Crippen LogP contribution in [0.4, 0.5) is 5.69 Å². The van der Waals surface area contributed by atoms with E-state index in [1.165, 1.54) is 6.42 Å². The van der Waals surface area contributed by atoms with E-state index in [4.69, 9.17) is 0 Å². The van der Waals surface area contributed by atoms with Gasteiger partial charge in [-0.3, -0.25) is 0 Å². The molecule has 0 spiro atoms. The van der Waals surface area contributed by atoms with Crippen LogP contribution in [0.25, 0.3) is 0 Å². The molecule has 2 unspecified atom stereocenters. The van der Waals surface area contributed by atoms with Crippen LogP contribution in [0, 0.1) is 11.3 Å². The molecule has 3 nitrogen and oxygen atoms in total. The van der Waals surface area contributed by atoms with Crippen LogP contribution in [0.1, 0.15) is 25.3 Å². The van der Waals surface area contributed by atoms with Crippen LogP contribution in [0.5, 0.6) is 0 Å². The van der Waals surface area contributed by atoms with E-state index in [1.807, 2.05) is 24.5 Å². The van der Waals surface area contributed by atoms with Gasteiger partial charge in [-0.15, -0.1) is 11.8 Å². The first-order valence-corrected chi connectivity index (χ1v) is 7.55. The van der Waals surface area contributed by atoms with E-state index in [9.17, 15) is 5.26 Å². The minimum absolute atomic E-state index is 0.406. The summed E-state index contributed by atoms with van der Waals surface area (Å²) in [5.74, 6) is 0. The molecule has 2 rings (SSSR count). The van der Waals surface area contributed by atoms with E-state index in [2.05, 4.69) is 23.6 Å². The molecule has 0 aromatic heterocycles. The Labute approximate surface area is 113 Å². The van der Waals surface area contributed by atoms with Crippen LogP contribution in [-0.4, -0.2) is 24.9 Å². The van der Waals surface area contributed by atoms with E-state index in [1.54, 1.807) is 11.8 Å². The lowest BCUT2D eigenvalue weighted by Crippen LogP contribution is -2.46. The highest BCUT2D eigenvalue weighted by Gasteiger charge is 2.21. The van der Waals surface area contributed by atoms with Crippen LogP contribution in [0.3, 0.4) is 0 Å². The lowest BCUT2D eigenvalue weighted by atomic mass is 9.99. The fourth-order valence-electron chi connectivity index (χ4n) is 2.38. The third-order valence-corrected chi connectivity index (χ3v) is 4.24. The summed E-state index contributed by atoms with van der Waals surface area (Å²) in [5.41, 5.74) is 1.73. The number of thioether (sulfide) groups is 1. The Balaban J connectivity index is 2.20. The molecule has 0 amide bonds. The monoisotopic (exact) mass is 261 g/mol. The molecule has 1 heterocycles. The Hall–Kier alpha value is -1.18. The van der Waals surface area contributed by atoms with Crippen molar-refractivity contribution < 1.29 is 0 Å². The van der Waals surface area contributed by atoms with Crippen molar-refractivity contribution in [2.24, 2.45) is 0 Å². The number of benzene rings is 1. The first-order chi connectivity index (χ1) is 8.76. The maximum Gasteiger partial charge on any atom is 0.102 e. The minimum Gasteiger partial charge on any atom is -0.380 e. The number of anilines is 1. The summed E-state index contributed by atoms with van der Waals surface area (Å²) in [6.45, 7) is 3.29. The van der Waals surface area contributed by atoms with Gasteiger partial charge in [0.2, 0.25) is 0 Å². The summed E-state index contributed by atoms with van der Waals surface area (Å²) >= 11 is 1.62. The standard InChI is InChI=1S/C14H19N3S/c1-10-12(6-4-8-16-10)17-13-5-3-7-14(18-2)11(13)9-15/h3,5,7,10,12,16-17H,4,6,8H2,1-2H3. The number of nitrogens with one attached hydrogen (secondary N) is 2. The predicted octanol–water partition coefficient (Wildman–Crippen LogP) is 2.83. The van der Waals surface area contributed by atoms with Crippen LogP contribution in [-0.2, 0) is 0 Å². The highest BCUT2D eigenvalue weighted by molar-refractivity contribution is 7.98. The molecule has 1 fully saturated rings. The van der Waals surface area contributed by atoms with Gasteiger partial charge in [0.15, 0.2) is 0 Å². The molecule has 18 heavy (non-hydrogen) atoms. The maximum absolute atomic E-state index is 9.31. The van der Waals surface area contributed by atoms with E-state index < -0.39 is 0 Å². The molecule has 4 heteroatoms. The van der Waals surface area contributed by atoms with Crippen molar-refractivity contribution in [3.8, 4) is 6.07 Å². The zero-order valence-corrected chi connectivity index (χ0v) is 11.7. The zero-order chi connectivity index (χ0) is 13.0. The van der Waals surface area contributed by atoms with Gasteiger partial charge in [0.1, 0.15) is 6.07 Å². The second-order valence-corrected chi connectivity index (χ2v) is 5.48. The van der Waals surface area contributed by atoms with Gasteiger partial charge in [0.05, 0.1) is 11.3 Å². The first-order valence-electron chi connectivity index (χ1n) is 6.33.